The molecule has 24 heavy (non-hydrogen) atoms. The van der Waals surface area contributed by atoms with E-state index in [0.29, 0.717) is 16.6 Å². The van der Waals surface area contributed by atoms with Crippen molar-refractivity contribution in [3.63, 3.8) is 0 Å². The highest BCUT2D eigenvalue weighted by atomic mass is 79.9. The largest absolute Gasteiger partial charge is 0.326 e. The van der Waals surface area contributed by atoms with Gasteiger partial charge in [-0.25, -0.2) is 0 Å². The van der Waals surface area contributed by atoms with E-state index in [4.69, 9.17) is 28.9 Å². The van der Waals surface area contributed by atoms with Crippen molar-refractivity contribution >= 4 is 62.9 Å². The molecule has 2 aromatic carbocycles. The zero-order valence-electron chi connectivity index (χ0n) is 12.8. The van der Waals surface area contributed by atoms with Crippen LogP contribution in [0.5, 0.6) is 0 Å². The Kier molecular flexibility index (Phi) is 6.77. The third-order valence-electron chi connectivity index (χ3n) is 3.74. The first-order valence-corrected chi connectivity index (χ1v) is 9.41. The molecular formula is C18H15BrCl3NS. The minimum absolute atomic E-state index is 0. The Morgan fingerprint density at radius 1 is 1.08 bits per heavy atom. The quantitative estimate of drug-likeness (QED) is 0.432. The summed E-state index contributed by atoms with van der Waals surface area (Å²) >= 11 is 17.7. The third-order valence-corrected chi connectivity index (χ3v) is 6.16. The fourth-order valence-corrected chi connectivity index (χ4v) is 4.65. The molecule has 0 atom stereocenters. The van der Waals surface area contributed by atoms with E-state index >= 15 is 0 Å². The zero-order valence-corrected chi connectivity index (χ0v) is 17.5. The van der Waals surface area contributed by atoms with Gasteiger partial charge in [0.2, 0.25) is 0 Å². The highest BCUT2D eigenvalue weighted by Gasteiger charge is 2.19. The van der Waals surface area contributed by atoms with Gasteiger partial charge in [-0.2, -0.15) is 0 Å². The third kappa shape index (κ3) is 3.82. The SMILES string of the molecule is Cc1c(CN)sc(-c2ccc(Cl)cc2Cl)c1-c1ccc(Br)cc1.Cl. The van der Waals surface area contributed by atoms with Crippen molar-refractivity contribution in [1.29, 1.82) is 0 Å². The van der Waals surface area contributed by atoms with E-state index in [0.717, 1.165) is 20.5 Å². The highest BCUT2D eigenvalue weighted by molar-refractivity contribution is 9.10. The summed E-state index contributed by atoms with van der Waals surface area (Å²) in [7, 11) is 0. The minimum Gasteiger partial charge on any atom is -0.326 e. The van der Waals surface area contributed by atoms with E-state index in [-0.39, 0.29) is 12.4 Å². The molecule has 6 heteroatoms. The van der Waals surface area contributed by atoms with Crippen LogP contribution in [0.15, 0.2) is 46.9 Å². The normalized spacial score (nSPS) is 10.5. The average molecular weight is 464 g/mol. The predicted molar refractivity (Wildman–Crippen MR) is 113 cm³/mol. The Morgan fingerprint density at radius 2 is 1.75 bits per heavy atom. The first-order chi connectivity index (χ1) is 11.0. The van der Waals surface area contributed by atoms with Crippen molar-refractivity contribution in [3.05, 3.63) is 67.4 Å². The second kappa shape index (κ2) is 8.22. The number of rotatable bonds is 3. The molecule has 0 unspecified atom stereocenters. The molecule has 0 spiro atoms. The maximum atomic E-state index is 6.44. The van der Waals surface area contributed by atoms with Gasteiger partial charge in [0.1, 0.15) is 0 Å². The second-order valence-electron chi connectivity index (χ2n) is 5.19. The summed E-state index contributed by atoms with van der Waals surface area (Å²) in [5.74, 6) is 0. The maximum Gasteiger partial charge on any atom is 0.0507 e. The number of hydrogen-bond acceptors (Lipinski definition) is 2. The molecule has 2 N–H and O–H groups in total. The van der Waals surface area contributed by atoms with Gasteiger partial charge in [-0.15, -0.1) is 23.7 Å². The fourth-order valence-electron chi connectivity index (χ4n) is 2.58. The van der Waals surface area contributed by atoms with E-state index < -0.39 is 0 Å². The van der Waals surface area contributed by atoms with Crippen molar-refractivity contribution in [1.82, 2.24) is 0 Å². The Hall–Kier alpha value is -0.550. The van der Waals surface area contributed by atoms with Crippen LogP contribution in [0, 0.1) is 6.92 Å². The van der Waals surface area contributed by atoms with Crippen LogP contribution in [0.4, 0.5) is 0 Å². The monoisotopic (exact) mass is 461 g/mol. The highest BCUT2D eigenvalue weighted by Crippen LogP contribution is 2.45. The smallest absolute Gasteiger partial charge is 0.0507 e. The Balaban J connectivity index is 0.00000208. The zero-order chi connectivity index (χ0) is 16.6. The summed E-state index contributed by atoms with van der Waals surface area (Å²) in [5.41, 5.74) is 10.5. The molecule has 3 rings (SSSR count). The number of nitrogens with two attached hydrogens (primary N) is 1. The van der Waals surface area contributed by atoms with Crippen LogP contribution < -0.4 is 5.73 Å². The lowest BCUT2D eigenvalue weighted by atomic mass is 9.98. The van der Waals surface area contributed by atoms with Crippen LogP contribution >= 0.6 is 62.9 Å². The average Bonchev–Trinajstić information content (AvgIpc) is 2.85. The summed E-state index contributed by atoms with van der Waals surface area (Å²) in [6.45, 7) is 2.63. The van der Waals surface area contributed by atoms with Gasteiger partial charge in [-0.1, -0.05) is 57.3 Å². The standard InChI is InChI=1S/C18H14BrCl2NS.ClH/c1-10-16(9-22)23-18(14-7-6-13(20)8-15(14)21)17(10)11-2-4-12(19)5-3-11;/h2-8H,9,22H2,1H3;1H. The second-order valence-corrected chi connectivity index (χ2v) is 8.05. The number of benzene rings is 2. The van der Waals surface area contributed by atoms with Gasteiger partial charge in [0.15, 0.2) is 0 Å². The van der Waals surface area contributed by atoms with Crippen LogP contribution in [0.3, 0.4) is 0 Å². The molecular weight excluding hydrogens is 449 g/mol. The Bertz CT molecular complexity index is 859. The van der Waals surface area contributed by atoms with Crippen LogP contribution in [0.2, 0.25) is 10.0 Å². The van der Waals surface area contributed by atoms with Crippen molar-refractivity contribution in [2.75, 3.05) is 0 Å². The first kappa shape index (κ1) is 19.8. The lowest BCUT2D eigenvalue weighted by Crippen LogP contribution is -1.94. The number of halogens is 4. The van der Waals surface area contributed by atoms with Crippen LogP contribution in [0.25, 0.3) is 21.6 Å². The molecule has 0 saturated carbocycles. The van der Waals surface area contributed by atoms with Crippen LogP contribution in [-0.4, -0.2) is 0 Å². The van der Waals surface area contributed by atoms with E-state index in [1.54, 1.807) is 17.4 Å². The van der Waals surface area contributed by atoms with Crippen molar-refractivity contribution < 1.29 is 0 Å². The lowest BCUT2D eigenvalue weighted by molar-refractivity contribution is 1.09. The molecule has 0 aliphatic carbocycles. The van der Waals surface area contributed by atoms with Gasteiger partial charge < -0.3 is 5.73 Å². The van der Waals surface area contributed by atoms with E-state index in [9.17, 15) is 0 Å². The molecule has 126 valence electrons. The molecule has 0 saturated heterocycles. The van der Waals surface area contributed by atoms with Crippen molar-refractivity contribution in [2.45, 2.75) is 13.5 Å². The van der Waals surface area contributed by atoms with Gasteiger partial charge >= 0.3 is 0 Å². The lowest BCUT2D eigenvalue weighted by Gasteiger charge is -2.09. The van der Waals surface area contributed by atoms with E-state index in [1.807, 2.05) is 24.3 Å². The first-order valence-electron chi connectivity index (χ1n) is 7.05. The molecule has 0 fully saturated rings. The molecule has 0 amide bonds. The summed E-state index contributed by atoms with van der Waals surface area (Å²) in [5, 5.41) is 1.29. The summed E-state index contributed by atoms with van der Waals surface area (Å²) < 4.78 is 1.05. The van der Waals surface area contributed by atoms with E-state index in [1.165, 1.54) is 16.0 Å². The Morgan fingerprint density at radius 3 is 2.33 bits per heavy atom. The van der Waals surface area contributed by atoms with Gasteiger partial charge in [-0.05, 0) is 42.3 Å². The molecule has 1 aromatic heterocycles. The minimum atomic E-state index is 0. The molecule has 0 aliphatic heterocycles. The molecule has 0 radical (unpaired) electrons. The van der Waals surface area contributed by atoms with Gasteiger partial charge in [-0.3, -0.25) is 0 Å². The fraction of sp³-hybridized carbons (Fsp3) is 0.111. The van der Waals surface area contributed by atoms with Crippen LogP contribution in [0.1, 0.15) is 10.4 Å². The molecule has 1 nitrogen and oxygen atoms in total. The topological polar surface area (TPSA) is 26.0 Å². The van der Waals surface area contributed by atoms with Crippen molar-refractivity contribution in [2.24, 2.45) is 5.73 Å². The number of hydrogen-bond donors (Lipinski definition) is 1. The van der Waals surface area contributed by atoms with Gasteiger partial charge in [0.05, 0.1) is 5.02 Å². The molecule has 3 aromatic rings. The summed E-state index contributed by atoms with van der Waals surface area (Å²) in [6, 6.07) is 13.9. The van der Waals surface area contributed by atoms with Crippen LogP contribution in [-0.2, 0) is 6.54 Å². The maximum absolute atomic E-state index is 6.44. The summed E-state index contributed by atoms with van der Waals surface area (Å²) in [4.78, 5) is 2.30. The number of thiophene rings is 1. The van der Waals surface area contributed by atoms with Gasteiger partial charge in [0, 0.05) is 36.9 Å². The molecule has 0 bridgehead atoms. The summed E-state index contributed by atoms with van der Waals surface area (Å²) in [6.07, 6.45) is 0. The molecule has 1 heterocycles. The Labute approximate surface area is 170 Å². The molecule has 0 aliphatic rings. The predicted octanol–water partition coefficient (Wildman–Crippen LogP) is 7.34. The van der Waals surface area contributed by atoms with E-state index in [2.05, 4.69) is 35.0 Å². The van der Waals surface area contributed by atoms with Crippen molar-refractivity contribution in [3.8, 4) is 21.6 Å². The van der Waals surface area contributed by atoms with Gasteiger partial charge in [0.25, 0.3) is 0 Å².